The Bertz CT molecular complexity index is 530. The normalized spacial score (nSPS) is 11.2. The topological polar surface area (TPSA) is 77.4 Å². The summed E-state index contributed by atoms with van der Waals surface area (Å²) in [7, 11) is 1.66. The molecule has 120 valence electrons. The minimum atomic E-state index is 0.597. The van der Waals surface area contributed by atoms with Crippen LogP contribution in [0.2, 0.25) is 0 Å². The van der Waals surface area contributed by atoms with E-state index in [0.717, 1.165) is 19.5 Å². The number of hydrogen-bond donors (Lipinski definition) is 1. The van der Waals surface area contributed by atoms with E-state index in [4.69, 9.17) is 15.0 Å². The van der Waals surface area contributed by atoms with Crippen molar-refractivity contribution >= 4 is 0 Å². The first-order valence-electron chi connectivity index (χ1n) is 7.58. The van der Waals surface area contributed by atoms with Crippen molar-refractivity contribution in [2.45, 2.75) is 19.4 Å². The van der Waals surface area contributed by atoms with Gasteiger partial charge in [0.1, 0.15) is 0 Å². The fourth-order valence-electron chi connectivity index (χ4n) is 2.22. The molecule has 1 heterocycles. The van der Waals surface area contributed by atoms with Gasteiger partial charge in [-0.1, -0.05) is 35.5 Å². The van der Waals surface area contributed by atoms with Gasteiger partial charge in [-0.25, -0.2) is 0 Å². The molecule has 0 amide bonds. The average Bonchev–Trinajstić information content (AvgIpc) is 2.99. The van der Waals surface area contributed by atoms with E-state index < -0.39 is 0 Å². The Morgan fingerprint density at radius 1 is 1.18 bits per heavy atom. The standard InChI is InChI=1S/C16H24N4O2/c1-21-12-8-15-18-16(22-19-15)13-20(11-9-17)10-7-14-5-3-2-4-6-14/h2-6H,7-13,17H2,1H3. The molecular formula is C16H24N4O2. The van der Waals surface area contributed by atoms with Crippen molar-refractivity contribution in [2.75, 3.05) is 33.4 Å². The molecule has 0 saturated carbocycles. The second kappa shape index (κ2) is 9.30. The fraction of sp³-hybridized carbons (Fsp3) is 0.500. The summed E-state index contributed by atoms with van der Waals surface area (Å²) in [4.78, 5) is 6.62. The monoisotopic (exact) mass is 304 g/mol. The minimum absolute atomic E-state index is 0.597. The maximum atomic E-state index is 5.70. The van der Waals surface area contributed by atoms with Crippen LogP contribution in [-0.2, 0) is 24.1 Å². The third-order valence-corrected chi connectivity index (χ3v) is 3.40. The average molecular weight is 304 g/mol. The van der Waals surface area contributed by atoms with E-state index in [0.29, 0.717) is 37.8 Å². The van der Waals surface area contributed by atoms with E-state index in [2.05, 4.69) is 39.3 Å². The van der Waals surface area contributed by atoms with Gasteiger partial charge in [-0.3, -0.25) is 4.90 Å². The van der Waals surface area contributed by atoms with Crippen molar-refractivity contribution in [3.8, 4) is 0 Å². The van der Waals surface area contributed by atoms with Crippen LogP contribution in [0.1, 0.15) is 17.3 Å². The summed E-state index contributed by atoms with van der Waals surface area (Å²) in [6.45, 7) is 3.56. The van der Waals surface area contributed by atoms with E-state index >= 15 is 0 Å². The zero-order valence-corrected chi connectivity index (χ0v) is 13.1. The SMILES string of the molecule is COCCc1noc(CN(CCN)CCc2ccccc2)n1. The molecule has 2 N–H and O–H groups in total. The Hall–Kier alpha value is -1.76. The summed E-state index contributed by atoms with van der Waals surface area (Å²) in [6.07, 6.45) is 1.65. The van der Waals surface area contributed by atoms with Crippen LogP contribution in [-0.4, -0.2) is 48.4 Å². The van der Waals surface area contributed by atoms with Crippen molar-refractivity contribution in [1.82, 2.24) is 15.0 Å². The van der Waals surface area contributed by atoms with Crippen molar-refractivity contribution in [3.63, 3.8) is 0 Å². The Kier molecular flexibility index (Phi) is 7.02. The number of ether oxygens (including phenoxy) is 1. The van der Waals surface area contributed by atoms with E-state index in [1.54, 1.807) is 7.11 Å². The molecule has 0 atom stereocenters. The first-order valence-corrected chi connectivity index (χ1v) is 7.58. The molecule has 0 spiro atoms. The van der Waals surface area contributed by atoms with Gasteiger partial charge >= 0.3 is 0 Å². The van der Waals surface area contributed by atoms with Gasteiger partial charge in [-0.15, -0.1) is 0 Å². The summed E-state index contributed by atoms with van der Waals surface area (Å²) < 4.78 is 10.3. The van der Waals surface area contributed by atoms with Crippen LogP contribution in [0.3, 0.4) is 0 Å². The number of benzene rings is 1. The highest BCUT2D eigenvalue weighted by atomic mass is 16.5. The first-order chi connectivity index (χ1) is 10.8. The lowest BCUT2D eigenvalue weighted by atomic mass is 10.1. The van der Waals surface area contributed by atoms with Gasteiger partial charge in [0.25, 0.3) is 0 Å². The molecule has 6 nitrogen and oxygen atoms in total. The molecule has 0 fully saturated rings. The van der Waals surface area contributed by atoms with Gasteiger partial charge in [-0.2, -0.15) is 4.98 Å². The van der Waals surface area contributed by atoms with Gasteiger partial charge < -0.3 is 15.0 Å². The number of aromatic nitrogens is 2. The summed E-state index contributed by atoms with van der Waals surface area (Å²) in [5.74, 6) is 1.32. The second-order valence-corrected chi connectivity index (χ2v) is 5.15. The maximum absolute atomic E-state index is 5.70. The Balaban J connectivity index is 1.86. The van der Waals surface area contributed by atoms with E-state index in [-0.39, 0.29) is 0 Å². The molecule has 1 aromatic carbocycles. The molecular weight excluding hydrogens is 280 g/mol. The lowest BCUT2D eigenvalue weighted by Gasteiger charge is -2.19. The Morgan fingerprint density at radius 3 is 2.73 bits per heavy atom. The predicted molar refractivity (Wildman–Crippen MR) is 84.4 cm³/mol. The van der Waals surface area contributed by atoms with E-state index in [1.165, 1.54) is 5.56 Å². The van der Waals surface area contributed by atoms with E-state index in [9.17, 15) is 0 Å². The zero-order valence-electron chi connectivity index (χ0n) is 13.1. The highest BCUT2D eigenvalue weighted by Crippen LogP contribution is 2.06. The van der Waals surface area contributed by atoms with Crippen molar-refractivity contribution in [1.29, 1.82) is 0 Å². The molecule has 0 aliphatic carbocycles. The molecule has 0 bridgehead atoms. The van der Waals surface area contributed by atoms with Gasteiger partial charge in [0, 0.05) is 33.2 Å². The first kappa shape index (κ1) is 16.6. The predicted octanol–water partition coefficient (Wildman–Crippen LogP) is 1.26. The number of nitrogens with zero attached hydrogens (tertiary/aromatic N) is 3. The van der Waals surface area contributed by atoms with Crippen LogP contribution in [0, 0.1) is 0 Å². The Morgan fingerprint density at radius 2 is 2.00 bits per heavy atom. The Labute approximate surface area is 131 Å². The lowest BCUT2D eigenvalue weighted by molar-refractivity contribution is 0.199. The lowest BCUT2D eigenvalue weighted by Crippen LogP contribution is -2.31. The quantitative estimate of drug-likeness (QED) is 0.712. The molecule has 2 rings (SSSR count). The van der Waals surface area contributed by atoms with Crippen molar-refractivity contribution < 1.29 is 9.26 Å². The largest absolute Gasteiger partial charge is 0.384 e. The number of methoxy groups -OCH3 is 1. The van der Waals surface area contributed by atoms with Crippen LogP contribution in [0.4, 0.5) is 0 Å². The smallest absolute Gasteiger partial charge is 0.240 e. The number of hydrogen-bond acceptors (Lipinski definition) is 6. The molecule has 1 aromatic heterocycles. The summed E-state index contributed by atoms with van der Waals surface area (Å²) in [6, 6.07) is 10.4. The van der Waals surface area contributed by atoms with Gasteiger partial charge in [0.15, 0.2) is 5.82 Å². The summed E-state index contributed by atoms with van der Waals surface area (Å²) >= 11 is 0. The second-order valence-electron chi connectivity index (χ2n) is 5.15. The van der Waals surface area contributed by atoms with Crippen molar-refractivity contribution in [3.05, 3.63) is 47.6 Å². The third kappa shape index (κ3) is 5.55. The van der Waals surface area contributed by atoms with Crippen LogP contribution >= 0.6 is 0 Å². The van der Waals surface area contributed by atoms with Gasteiger partial charge in [0.05, 0.1) is 13.2 Å². The number of rotatable bonds is 10. The number of nitrogens with two attached hydrogens (primary N) is 1. The molecule has 22 heavy (non-hydrogen) atoms. The molecule has 0 saturated heterocycles. The maximum Gasteiger partial charge on any atom is 0.240 e. The molecule has 0 unspecified atom stereocenters. The summed E-state index contributed by atoms with van der Waals surface area (Å²) in [5.41, 5.74) is 7.01. The summed E-state index contributed by atoms with van der Waals surface area (Å²) in [5, 5.41) is 3.96. The molecule has 0 aliphatic rings. The van der Waals surface area contributed by atoms with Crippen LogP contribution in [0.25, 0.3) is 0 Å². The molecule has 6 heteroatoms. The van der Waals surface area contributed by atoms with Crippen LogP contribution in [0.5, 0.6) is 0 Å². The highest BCUT2D eigenvalue weighted by molar-refractivity contribution is 5.14. The molecule has 0 aliphatic heterocycles. The van der Waals surface area contributed by atoms with Gasteiger partial charge in [0.2, 0.25) is 5.89 Å². The minimum Gasteiger partial charge on any atom is -0.384 e. The van der Waals surface area contributed by atoms with Gasteiger partial charge in [-0.05, 0) is 12.0 Å². The van der Waals surface area contributed by atoms with Crippen LogP contribution < -0.4 is 5.73 Å². The molecule has 2 aromatic rings. The molecule has 0 radical (unpaired) electrons. The van der Waals surface area contributed by atoms with Crippen LogP contribution in [0.15, 0.2) is 34.9 Å². The third-order valence-electron chi connectivity index (χ3n) is 3.40. The zero-order chi connectivity index (χ0) is 15.6. The van der Waals surface area contributed by atoms with Crippen molar-refractivity contribution in [2.24, 2.45) is 5.73 Å². The van der Waals surface area contributed by atoms with E-state index in [1.807, 2.05) is 6.07 Å². The fourth-order valence-corrected chi connectivity index (χ4v) is 2.22. The highest BCUT2D eigenvalue weighted by Gasteiger charge is 2.11.